The first kappa shape index (κ1) is 23.4. The normalized spacial score (nSPS) is 23.5. The molecule has 0 radical (unpaired) electrons. The van der Waals surface area contributed by atoms with Crippen molar-refractivity contribution in [1.29, 1.82) is 0 Å². The minimum atomic E-state index is -4.35. The summed E-state index contributed by atoms with van der Waals surface area (Å²) in [4.78, 5) is 29.1. The van der Waals surface area contributed by atoms with Crippen LogP contribution in [-0.2, 0) is 4.79 Å². The first-order valence-electron chi connectivity index (χ1n) is 11.1. The Morgan fingerprint density at radius 2 is 1.77 bits per heavy atom. The fourth-order valence-corrected chi connectivity index (χ4v) is 4.46. The lowest BCUT2D eigenvalue weighted by molar-refractivity contribution is -0.152. The SMILES string of the molecule is CN1CCCCCN(C(=O)CCC(F)(F)F)[C@@H]2CCCC[C@@H]2Oc2ccccc2C1=O. The number of rotatable bonds is 2. The second kappa shape index (κ2) is 10.4. The van der Waals surface area contributed by atoms with Crippen LogP contribution in [0.4, 0.5) is 13.2 Å². The van der Waals surface area contributed by atoms with Crippen molar-refractivity contribution in [3.63, 3.8) is 0 Å². The number of hydrogen-bond acceptors (Lipinski definition) is 3. The van der Waals surface area contributed by atoms with Crippen LogP contribution >= 0.6 is 0 Å². The summed E-state index contributed by atoms with van der Waals surface area (Å²) in [6, 6.07) is 6.79. The van der Waals surface area contributed by atoms with Crippen LogP contribution in [0.5, 0.6) is 5.75 Å². The van der Waals surface area contributed by atoms with E-state index < -0.39 is 24.9 Å². The predicted molar refractivity (Wildman–Crippen MR) is 111 cm³/mol. The molecule has 0 N–H and O–H groups in total. The summed E-state index contributed by atoms with van der Waals surface area (Å²) in [5.41, 5.74) is 0.475. The molecule has 1 aromatic rings. The van der Waals surface area contributed by atoms with Crippen molar-refractivity contribution >= 4 is 11.8 Å². The van der Waals surface area contributed by atoms with Crippen LogP contribution in [0.25, 0.3) is 0 Å². The molecule has 2 atom stereocenters. The van der Waals surface area contributed by atoms with E-state index in [4.69, 9.17) is 4.74 Å². The lowest BCUT2D eigenvalue weighted by atomic mass is 9.90. The predicted octanol–water partition coefficient (Wildman–Crippen LogP) is 4.80. The first-order valence-corrected chi connectivity index (χ1v) is 11.1. The molecule has 1 fully saturated rings. The Morgan fingerprint density at radius 3 is 2.55 bits per heavy atom. The molecule has 2 amide bonds. The highest BCUT2D eigenvalue weighted by Crippen LogP contribution is 2.31. The van der Waals surface area contributed by atoms with Gasteiger partial charge in [0.2, 0.25) is 5.91 Å². The summed E-state index contributed by atoms with van der Waals surface area (Å²) in [5, 5.41) is 0. The molecule has 0 saturated heterocycles. The van der Waals surface area contributed by atoms with Crippen molar-refractivity contribution < 1.29 is 27.5 Å². The van der Waals surface area contributed by atoms with Crippen molar-refractivity contribution in [3.05, 3.63) is 29.8 Å². The third-order valence-corrected chi connectivity index (χ3v) is 6.15. The molecule has 1 aliphatic carbocycles. The Labute approximate surface area is 181 Å². The molecule has 8 heteroatoms. The van der Waals surface area contributed by atoms with E-state index in [9.17, 15) is 22.8 Å². The van der Waals surface area contributed by atoms with E-state index in [1.54, 1.807) is 41.1 Å². The molecule has 1 heterocycles. The smallest absolute Gasteiger partial charge is 0.389 e. The number of carbonyl (C=O) groups is 2. The zero-order chi connectivity index (χ0) is 22.4. The average molecular weight is 441 g/mol. The van der Waals surface area contributed by atoms with Crippen LogP contribution in [0.2, 0.25) is 0 Å². The Bertz CT molecular complexity index is 769. The summed E-state index contributed by atoms with van der Waals surface area (Å²) in [5.74, 6) is -0.104. The monoisotopic (exact) mass is 440 g/mol. The molecule has 2 aliphatic rings. The second-order valence-corrected chi connectivity index (χ2v) is 8.49. The molecule has 0 spiro atoms. The van der Waals surface area contributed by atoms with Gasteiger partial charge in [-0.15, -0.1) is 0 Å². The summed E-state index contributed by atoms with van der Waals surface area (Å²) in [6.07, 6.45) is -0.882. The molecule has 1 aliphatic heterocycles. The van der Waals surface area contributed by atoms with Crippen molar-refractivity contribution in [2.45, 2.75) is 76.1 Å². The summed E-state index contributed by atoms with van der Waals surface area (Å²) in [6.45, 7) is 0.989. The van der Waals surface area contributed by atoms with Crippen LogP contribution < -0.4 is 4.74 Å². The minimum absolute atomic E-state index is 0.111. The number of benzene rings is 1. The molecule has 0 unspecified atom stereocenters. The summed E-state index contributed by atoms with van der Waals surface area (Å²) >= 11 is 0. The van der Waals surface area contributed by atoms with Crippen molar-refractivity contribution in [3.8, 4) is 5.75 Å². The topological polar surface area (TPSA) is 49.9 Å². The van der Waals surface area contributed by atoms with Crippen LogP contribution in [0.15, 0.2) is 24.3 Å². The van der Waals surface area contributed by atoms with E-state index in [1.807, 2.05) is 0 Å². The number of hydrogen-bond donors (Lipinski definition) is 0. The molecule has 172 valence electrons. The minimum Gasteiger partial charge on any atom is -0.487 e. The second-order valence-electron chi connectivity index (χ2n) is 8.49. The van der Waals surface area contributed by atoms with Gasteiger partial charge in [-0.3, -0.25) is 9.59 Å². The number of nitrogens with zero attached hydrogens (tertiary/aromatic N) is 2. The maximum Gasteiger partial charge on any atom is 0.389 e. The van der Waals surface area contributed by atoms with Crippen LogP contribution in [0, 0.1) is 0 Å². The quantitative estimate of drug-likeness (QED) is 0.664. The van der Waals surface area contributed by atoms with Gasteiger partial charge in [0, 0.05) is 26.6 Å². The van der Waals surface area contributed by atoms with E-state index in [2.05, 4.69) is 0 Å². The van der Waals surface area contributed by atoms with Gasteiger partial charge in [0.25, 0.3) is 5.91 Å². The number of ether oxygens (including phenoxy) is 1. The largest absolute Gasteiger partial charge is 0.487 e. The number of carbonyl (C=O) groups excluding carboxylic acids is 2. The van der Waals surface area contributed by atoms with E-state index in [-0.39, 0.29) is 18.1 Å². The number of halogens is 3. The Hall–Kier alpha value is -2.25. The molecule has 1 saturated carbocycles. The van der Waals surface area contributed by atoms with Gasteiger partial charge in [0.05, 0.1) is 18.0 Å². The number of amides is 2. The lowest BCUT2D eigenvalue weighted by Gasteiger charge is -2.40. The highest BCUT2D eigenvalue weighted by atomic mass is 19.4. The van der Waals surface area contributed by atoms with Gasteiger partial charge in [-0.05, 0) is 50.7 Å². The van der Waals surface area contributed by atoms with Gasteiger partial charge in [-0.1, -0.05) is 18.6 Å². The lowest BCUT2D eigenvalue weighted by Crippen LogP contribution is -2.51. The average Bonchev–Trinajstić information content (AvgIpc) is 2.75. The molecule has 5 nitrogen and oxygen atoms in total. The van der Waals surface area contributed by atoms with E-state index in [0.29, 0.717) is 43.7 Å². The number of alkyl halides is 3. The highest BCUT2D eigenvalue weighted by Gasteiger charge is 2.36. The zero-order valence-corrected chi connectivity index (χ0v) is 18.0. The van der Waals surface area contributed by atoms with Crippen LogP contribution in [-0.4, -0.2) is 60.1 Å². The Morgan fingerprint density at radius 1 is 1.06 bits per heavy atom. The first-order chi connectivity index (χ1) is 14.8. The highest BCUT2D eigenvalue weighted by molar-refractivity contribution is 5.96. The van der Waals surface area contributed by atoms with Crippen molar-refractivity contribution in [2.24, 2.45) is 0 Å². The molecule has 1 aromatic carbocycles. The molecular formula is C23H31F3N2O3. The van der Waals surface area contributed by atoms with E-state index >= 15 is 0 Å². The summed E-state index contributed by atoms with van der Waals surface area (Å²) < 4.78 is 44.5. The van der Waals surface area contributed by atoms with Gasteiger partial charge >= 0.3 is 6.18 Å². The van der Waals surface area contributed by atoms with E-state index in [1.165, 1.54) is 0 Å². The Kier molecular flexibility index (Phi) is 7.84. The van der Waals surface area contributed by atoms with Gasteiger partial charge in [-0.25, -0.2) is 0 Å². The van der Waals surface area contributed by atoms with Gasteiger partial charge in [0.1, 0.15) is 11.9 Å². The molecule has 0 aromatic heterocycles. The maximum atomic E-state index is 12.9. The molecule has 3 rings (SSSR count). The third kappa shape index (κ3) is 6.37. The van der Waals surface area contributed by atoms with E-state index in [0.717, 1.165) is 25.7 Å². The van der Waals surface area contributed by atoms with Crippen molar-refractivity contribution in [2.75, 3.05) is 20.1 Å². The van der Waals surface area contributed by atoms with Gasteiger partial charge in [-0.2, -0.15) is 13.2 Å². The molecular weight excluding hydrogens is 409 g/mol. The number of para-hydroxylation sites is 1. The van der Waals surface area contributed by atoms with Crippen LogP contribution in [0.1, 0.15) is 68.1 Å². The van der Waals surface area contributed by atoms with Crippen LogP contribution in [0.3, 0.4) is 0 Å². The number of fused-ring (bicyclic) bond motifs is 2. The third-order valence-electron chi connectivity index (χ3n) is 6.15. The van der Waals surface area contributed by atoms with Crippen molar-refractivity contribution in [1.82, 2.24) is 9.80 Å². The zero-order valence-electron chi connectivity index (χ0n) is 18.0. The van der Waals surface area contributed by atoms with Gasteiger partial charge in [0.15, 0.2) is 0 Å². The maximum absolute atomic E-state index is 12.9. The molecule has 0 bridgehead atoms. The fourth-order valence-electron chi connectivity index (χ4n) is 4.46. The Balaban J connectivity index is 1.88. The van der Waals surface area contributed by atoms with Gasteiger partial charge < -0.3 is 14.5 Å². The standard InChI is InChI=1S/C23H31F3N2O3/c1-27-15-7-2-8-16-28(21(29)13-14-23(24,25)26)18-10-4-6-12-20(18)31-19-11-5-3-9-17(19)22(27)30/h3,5,9,11,18,20H,2,4,6-8,10,12-16H2,1H3/t18-,20+/m1/s1. The molecule has 31 heavy (non-hydrogen) atoms. The fraction of sp³-hybridized carbons (Fsp3) is 0.652. The summed E-state index contributed by atoms with van der Waals surface area (Å²) in [7, 11) is 1.76.